The molecule has 0 radical (unpaired) electrons. The summed E-state index contributed by atoms with van der Waals surface area (Å²) in [4.78, 5) is 26.0. The fraction of sp³-hybridized carbons (Fsp3) is 0.333. The van der Waals surface area contributed by atoms with Crippen molar-refractivity contribution in [3.05, 3.63) is 80.5 Å². The summed E-state index contributed by atoms with van der Waals surface area (Å²) in [6, 6.07) is 10.1. The number of ether oxygens (including phenoxy) is 3. The lowest BCUT2D eigenvalue weighted by Crippen LogP contribution is -2.30. The predicted molar refractivity (Wildman–Crippen MR) is 127 cm³/mol. The van der Waals surface area contributed by atoms with E-state index in [1.165, 1.54) is 13.2 Å². The standard InChI is InChI=1S/C27H24BrFO5/c1-32-23-13-16(12-17(28)27(23)33-14-15-6-2-3-7-18(15)29)24-25-19(30)8-4-10-21(25)34-22-11-5-9-20(31)26(22)24/h2-3,6-7,12-13,24H,4-5,8-11,14H2,1H3. The Morgan fingerprint density at radius 3 is 2.26 bits per heavy atom. The fourth-order valence-corrected chi connectivity index (χ4v) is 5.54. The summed E-state index contributed by atoms with van der Waals surface area (Å²) in [6.45, 7) is 0.0276. The van der Waals surface area contributed by atoms with Crippen LogP contribution in [0, 0.1) is 5.82 Å². The number of hydrogen-bond donors (Lipinski definition) is 0. The van der Waals surface area contributed by atoms with Crippen molar-refractivity contribution >= 4 is 27.5 Å². The minimum absolute atomic E-state index is 0.0196. The SMILES string of the molecule is COc1cc(C2C3=C(CCCC3=O)OC3=C2C(=O)CCC3)cc(Br)c1OCc1ccccc1F. The van der Waals surface area contributed by atoms with Crippen molar-refractivity contribution < 1.29 is 28.2 Å². The highest BCUT2D eigenvalue weighted by atomic mass is 79.9. The van der Waals surface area contributed by atoms with E-state index in [9.17, 15) is 14.0 Å². The van der Waals surface area contributed by atoms with Gasteiger partial charge in [-0.25, -0.2) is 4.39 Å². The van der Waals surface area contributed by atoms with E-state index >= 15 is 0 Å². The highest BCUT2D eigenvalue weighted by molar-refractivity contribution is 9.10. The van der Waals surface area contributed by atoms with Crippen molar-refractivity contribution in [3.8, 4) is 11.5 Å². The Hall–Kier alpha value is -2.93. The van der Waals surface area contributed by atoms with Crippen LogP contribution < -0.4 is 9.47 Å². The van der Waals surface area contributed by atoms with E-state index in [4.69, 9.17) is 14.2 Å². The number of benzene rings is 2. The summed E-state index contributed by atoms with van der Waals surface area (Å²) in [5, 5.41) is 0. The first-order chi connectivity index (χ1) is 16.5. The van der Waals surface area contributed by atoms with E-state index in [1.807, 2.05) is 6.07 Å². The van der Waals surface area contributed by atoms with Crippen LogP contribution in [0.5, 0.6) is 11.5 Å². The normalized spacial score (nSPS) is 18.4. The van der Waals surface area contributed by atoms with E-state index in [-0.39, 0.29) is 24.0 Å². The van der Waals surface area contributed by atoms with Crippen LogP contribution in [0.15, 0.2) is 63.5 Å². The third kappa shape index (κ3) is 4.06. The van der Waals surface area contributed by atoms with Crippen molar-refractivity contribution in [1.29, 1.82) is 0 Å². The summed E-state index contributed by atoms with van der Waals surface area (Å²) >= 11 is 3.57. The van der Waals surface area contributed by atoms with Crippen molar-refractivity contribution in [2.45, 2.75) is 51.0 Å². The molecule has 176 valence electrons. The molecule has 0 aromatic heterocycles. The minimum atomic E-state index is -0.495. The smallest absolute Gasteiger partial charge is 0.175 e. The maximum Gasteiger partial charge on any atom is 0.175 e. The summed E-state index contributed by atoms with van der Waals surface area (Å²) in [7, 11) is 1.53. The van der Waals surface area contributed by atoms with Crippen molar-refractivity contribution in [1.82, 2.24) is 0 Å². The Balaban J connectivity index is 1.57. The van der Waals surface area contributed by atoms with Crippen LogP contribution in [0.1, 0.15) is 55.6 Å². The Morgan fingerprint density at radius 1 is 1.00 bits per heavy atom. The van der Waals surface area contributed by atoms with Gasteiger partial charge in [-0.15, -0.1) is 0 Å². The first-order valence-corrected chi connectivity index (χ1v) is 12.2. The van der Waals surface area contributed by atoms with E-state index in [0.29, 0.717) is 69.9 Å². The Kier molecular flexibility index (Phi) is 6.30. The van der Waals surface area contributed by atoms with Gasteiger partial charge in [-0.2, -0.15) is 0 Å². The number of allylic oxidation sites excluding steroid dienone is 4. The maximum absolute atomic E-state index is 14.1. The van der Waals surface area contributed by atoms with Crippen LogP contribution in [0.4, 0.5) is 4.39 Å². The molecule has 0 saturated carbocycles. The monoisotopic (exact) mass is 526 g/mol. The number of methoxy groups -OCH3 is 1. The molecule has 0 saturated heterocycles. The lowest BCUT2D eigenvalue weighted by Gasteiger charge is -2.36. The zero-order valence-corrected chi connectivity index (χ0v) is 20.4. The predicted octanol–water partition coefficient (Wildman–Crippen LogP) is 6.30. The third-order valence-electron chi connectivity index (χ3n) is 6.56. The molecular weight excluding hydrogens is 503 g/mol. The second kappa shape index (κ2) is 9.37. The molecule has 0 N–H and O–H groups in total. The number of carbonyl (C=O) groups excluding carboxylic acids is 2. The largest absolute Gasteiger partial charge is 0.493 e. The molecule has 7 heteroatoms. The highest BCUT2D eigenvalue weighted by Crippen LogP contribution is 2.50. The minimum Gasteiger partial charge on any atom is -0.493 e. The Bertz CT molecular complexity index is 1200. The molecule has 0 bridgehead atoms. The molecule has 2 aliphatic carbocycles. The first-order valence-electron chi connectivity index (χ1n) is 11.4. The van der Waals surface area contributed by atoms with Crippen LogP contribution in [0.3, 0.4) is 0 Å². The van der Waals surface area contributed by atoms with Gasteiger partial charge in [0.15, 0.2) is 23.1 Å². The zero-order valence-electron chi connectivity index (χ0n) is 18.8. The van der Waals surface area contributed by atoms with Gasteiger partial charge < -0.3 is 14.2 Å². The van der Waals surface area contributed by atoms with Gasteiger partial charge in [-0.05, 0) is 52.5 Å². The van der Waals surface area contributed by atoms with Crippen LogP contribution in [-0.4, -0.2) is 18.7 Å². The molecule has 5 rings (SSSR count). The van der Waals surface area contributed by atoms with Crippen LogP contribution in [0.25, 0.3) is 0 Å². The van der Waals surface area contributed by atoms with Gasteiger partial charge in [0.05, 0.1) is 11.6 Å². The number of halogens is 2. The maximum atomic E-state index is 14.1. The molecule has 3 aliphatic rings. The van der Waals surface area contributed by atoms with Gasteiger partial charge in [0.25, 0.3) is 0 Å². The topological polar surface area (TPSA) is 61.8 Å². The second-order valence-electron chi connectivity index (χ2n) is 8.68. The van der Waals surface area contributed by atoms with E-state index in [0.717, 1.165) is 18.4 Å². The number of carbonyl (C=O) groups is 2. The van der Waals surface area contributed by atoms with Gasteiger partial charge in [0.1, 0.15) is 23.9 Å². The number of hydrogen-bond acceptors (Lipinski definition) is 5. The van der Waals surface area contributed by atoms with Crippen LogP contribution >= 0.6 is 15.9 Å². The van der Waals surface area contributed by atoms with Gasteiger partial charge in [-0.1, -0.05) is 18.2 Å². The van der Waals surface area contributed by atoms with E-state index in [1.54, 1.807) is 24.3 Å². The number of ketones is 2. The lowest BCUT2D eigenvalue weighted by atomic mass is 9.73. The van der Waals surface area contributed by atoms with Crippen molar-refractivity contribution in [2.24, 2.45) is 0 Å². The number of rotatable bonds is 5. The highest BCUT2D eigenvalue weighted by Gasteiger charge is 2.42. The molecule has 0 fully saturated rings. The quantitative estimate of drug-likeness (QED) is 0.457. The van der Waals surface area contributed by atoms with E-state index in [2.05, 4.69) is 15.9 Å². The molecule has 1 heterocycles. The molecule has 2 aromatic rings. The Morgan fingerprint density at radius 2 is 1.65 bits per heavy atom. The average molecular weight is 527 g/mol. The molecule has 5 nitrogen and oxygen atoms in total. The van der Waals surface area contributed by atoms with Crippen LogP contribution in [0.2, 0.25) is 0 Å². The average Bonchev–Trinajstić information content (AvgIpc) is 2.83. The molecule has 0 unspecified atom stereocenters. The van der Waals surface area contributed by atoms with Gasteiger partial charge in [-0.3, -0.25) is 9.59 Å². The summed E-state index contributed by atoms with van der Waals surface area (Å²) in [5.74, 6) is 1.43. The molecule has 2 aromatic carbocycles. The first kappa shape index (κ1) is 22.8. The molecule has 0 amide bonds. The van der Waals surface area contributed by atoms with Crippen molar-refractivity contribution in [3.63, 3.8) is 0 Å². The molecule has 1 aliphatic heterocycles. The summed E-state index contributed by atoms with van der Waals surface area (Å²) < 4.78 is 32.3. The number of Topliss-reactive ketones (excluding diaryl/α,β-unsaturated/α-hetero) is 2. The summed E-state index contributed by atoms with van der Waals surface area (Å²) in [6.07, 6.45) is 3.75. The molecule has 0 spiro atoms. The van der Waals surface area contributed by atoms with Crippen molar-refractivity contribution in [2.75, 3.05) is 7.11 Å². The van der Waals surface area contributed by atoms with Gasteiger partial charge in [0, 0.05) is 48.3 Å². The van der Waals surface area contributed by atoms with Gasteiger partial charge >= 0.3 is 0 Å². The zero-order chi connectivity index (χ0) is 23.8. The molecule has 34 heavy (non-hydrogen) atoms. The second-order valence-corrected chi connectivity index (χ2v) is 9.53. The summed E-state index contributed by atoms with van der Waals surface area (Å²) in [5.41, 5.74) is 2.34. The Labute approximate surface area is 205 Å². The molecular formula is C27H24BrFO5. The lowest BCUT2D eigenvalue weighted by molar-refractivity contribution is -0.117. The van der Waals surface area contributed by atoms with Crippen LogP contribution in [-0.2, 0) is 20.9 Å². The molecule has 0 atom stereocenters. The van der Waals surface area contributed by atoms with Gasteiger partial charge in [0.2, 0.25) is 0 Å². The van der Waals surface area contributed by atoms with E-state index < -0.39 is 5.92 Å². The fourth-order valence-electron chi connectivity index (χ4n) is 4.96. The third-order valence-corrected chi connectivity index (χ3v) is 7.14.